The van der Waals surface area contributed by atoms with Crippen LogP contribution >= 0.6 is 12.4 Å². The Morgan fingerprint density at radius 2 is 2.05 bits per heavy atom. The number of carbonyl (C=O) groups excluding carboxylic acids is 1. The first kappa shape index (κ1) is 18.7. The number of hydrogen-bond acceptors (Lipinski definition) is 3. The normalized spacial score (nSPS) is 20.9. The lowest BCUT2D eigenvalue weighted by molar-refractivity contribution is -0.135. The van der Waals surface area contributed by atoms with Crippen LogP contribution in [-0.2, 0) is 4.79 Å². The van der Waals surface area contributed by atoms with Gasteiger partial charge in [-0.2, -0.15) is 0 Å². The molecule has 1 amide bonds. The second-order valence-electron chi connectivity index (χ2n) is 5.69. The van der Waals surface area contributed by atoms with Gasteiger partial charge in [0.2, 0.25) is 5.91 Å². The first-order chi connectivity index (χ1) is 10.1. The van der Waals surface area contributed by atoms with Gasteiger partial charge in [-0.1, -0.05) is 6.42 Å². The van der Waals surface area contributed by atoms with E-state index in [0.717, 1.165) is 25.7 Å². The van der Waals surface area contributed by atoms with Gasteiger partial charge in [0.15, 0.2) is 0 Å². The summed E-state index contributed by atoms with van der Waals surface area (Å²) >= 11 is 0. The summed E-state index contributed by atoms with van der Waals surface area (Å²) in [6.45, 7) is 0.911. The molecule has 124 valence electrons. The SMILES string of the molecule is CN(CCOc1ccc(F)cc1)C(=O)C1CCCC(N)C1.Cl. The second-order valence-corrected chi connectivity index (χ2v) is 5.69. The third-order valence-corrected chi connectivity index (χ3v) is 3.95. The molecule has 6 heteroatoms. The maximum Gasteiger partial charge on any atom is 0.225 e. The maximum atomic E-state index is 12.8. The van der Waals surface area contributed by atoms with Crippen LogP contribution in [0, 0.1) is 11.7 Å². The monoisotopic (exact) mass is 330 g/mol. The van der Waals surface area contributed by atoms with Crippen molar-refractivity contribution in [2.24, 2.45) is 11.7 Å². The Morgan fingerprint density at radius 1 is 1.36 bits per heavy atom. The fourth-order valence-corrected chi connectivity index (χ4v) is 2.70. The van der Waals surface area contributed by atoms with Gasteiger partial charge < -0.3 is 15.4 Å². The number of rotatable bonds is 5. The highest BCUT2D eigenvalue weighted by atomic mass is 35.5. The van der Waals surface area contributed by atoms with Gasteiger partial charge in [0.25, 0.3) is 0 Å². The fourth-order valence-electron chi connectivity index (χ4n) is 2.70. The molecule has 2 N–H and O–H groups in total. The summed E-state index contributed by atoms with van der Waals surface area (Å²) in [7, 11) is 1.79. The predicted molar refractivity (Wildman–Crippen MR) is 86.7 cm³/mol. The highest BCUT2D eigenvalue weighted by Crippen LogP contribution is 2.24. The van der Waals surface area contributed by atoms with E-state index in [1.54, 1.807) is 24.1 Å². The zero-order valence-electron chi connectivity index (χ0n) is 12.8. The van der Waals surface area contributed by atoms with E-state index in [4.69, 9.17) is 10.5 Å². The Morgan fingerprint density at radius 3 is 2.68 bits per heavy atom. The second kappa shape index (κ2) is 8.96. The highest BCUT2D eigenvalue weighted by Gasteiger charge is 2.27. The molecule has 0 radical (unpaired) electrons. The smallest absolute Gasteiger partial charge is 0.225 e. The van der Waals surface area contributed by atoms with Crippen molar-refractivity contribution < 1.29 is 13.9 Å². The lowest BCUT2D eigenvalue weighted by Gasteiger charge is -2.29. The van der Waals surface area contributed by atoms with E-state index in [0.29, 0.717) is 18.9 Å². The molecule has 1 aromatic rings. The minimum Gasteiger partial charge on any atom is -0.492 e. The summed E-state index contributed by atoms with van der Waals surface area (Å²) in [6, 6.07) is 6.02. The summed E-state index contributed by atoms with van der Waals surface area (Å²) in [4.78, 5) is 14.0. The molecule has 1 aliphatic carbocycles. The van der Waals surface area contributed by atoms with E-state index in [1.807, 2.05) is 0 Å². The topological polar surface area (TPSA) is 55.6 Å². The van der Waals surface area contributed by atoms with Crippen molar-refractivity contribution in [3.05, 3.63) is 30.1 Å². The third kappa shape index (κ3) is 5.46. The van der Waals surface area contributed by atoms with Crippen molar-refractivity contribution in [3.8, 4) is 5.75 Å². The van der Waals surface area contributed by atoms with Gasteiger partial charge >= 0.3 is 0 Å². The van der Waals surface area contributed by atoms with Gasteiger partial charge in [0, 0.05) is 19.0 Å². The molecule has 2 rings (SSSR count). The molecule has 1 aromatic carbocycles. The van der Waals surface area contributed by atoms with E-state index < -0.39 is 0 Å². The average molecular weight is 331 g/mol. The molecule has 0 spiro atoms. The van der Waals surface area contributed by atoms with Crippen LogP contribution in [-0.4, -0.2) is 37.0 Å². The van der Waals surface area contributed by atoms with Crippen LogP contribution in [0.2, 0.25) is 0 Å². The number of amides is 1. The summed E-state index contributed by atoms with van der Waals surface area (Å²) < 4.78 is 18.3. The minimum atomic E-state index is -0.289. The zero-order valence-corrected chi connectivity index (χ0v) is 13.7. The van der Waals surface area contributed by atoms with E-state index in [9.17, 15) is 9.18 Å². The first-order valence-electron chi connectivity index (χ1n) is 7.45. The van der Waals surface area contributed by atoms with Crippen LogP contribution in [0.15, 0.2) is 24.3 Å². The van der Waals surface area contributed by atoms with Crippen LogP contribution in [0.25, 0.3) is 0 Å². The van der Waals surface area contributed by atoms with Crippen LogP contribution in [0.4, 0.5) is 4.39 Å². The quantitative estimate of drug-likeness (QED) is 0.903. The van der Waals surface area contributed by atoms with E-state index >= 15 is 0 Å². The number of ether oxygens (including phenoxy) is 1. The van der Waals surface area contributed by atoms with Gasteiger partial charge in [0.1, 0.15) is 18.2 Å². The van der Waals surface area contributed by atoms with Gasteiger partial charge in [0.05, 0.1) is 6.54 Å². The molecular weight excluding hydrogens is 307 g/mol. The molecule has 1 saturated carbocycles. The summed E-state index contributed by atoms with van der Waals surface area (Å²) in [5.74, 6) is 0.512. The zero-order chi connectivity index (χ0) is 15.2. The Bertz CT molecular complexity index is 470. The summed E-state index contributed by atoms with van der Waals surface area (Å²) in [6.07, 6.45) is 3.75. The van der Waals surface area contributed by atoms with Crippen molar-refractivity contribution in [3.63, 3.8) is 0 Å². The third-order valence-electron chi connectivity index (χ3n) is 3.95. The molecule has 0 heterocycles. The fraction of sp³-hybridized carbons (Fsp3) is 0.562. The number of hydrogen-bond donors (Lipinski definition) is 1. The van der Waals surface area contributed by atoms with E-state index in [2.05, 4.69) is 0 Å². The Kier molecular flexibility index (Phi) is 7.62. The van der Waals surface area contributed by atoms with Gasteiger partial charge in [-0.25, -0.2) is 4.39 Å². The molecule has 0 saturated heterocycles. The Balaban J connectivity index is 0.00000242. The molecule has 2 atom stereocenters. The number of carbonyl (C=O) groups is 1. The van der Waals surface area contributed by atoms with Crippen molar-refractivity contribution in [2.45, 2.75) is 31.7 Å². The molecule has 0 aliphatic heterocycles. The average Bonchev–Trinajstić information content (AvgIpc) is 2.48. The standard InChI is InChI=1S/C16H23FN2O2.ClH/c1-19(16(20)12-3-2-4-14(18)11-12)9-10-21-15-7-5-13(17)6-8-15;/h5-8,12,14H,2-4,9-11,18H2,1H3;1H. The molecule has 22 heavy (non-hydrogen) atoms. The molecule has 4 nitrogen and oxygen atoms in total. The number of halogens is 2. The minimum absolute atomic E-state index is 0. The first-order valence-corrected chi connectivity index (χ1v) is 7.45. The van der Waals surface area contributed by atoms with Crippen LogP contribution in [0.1, 0.15) is 25.7 Å². The van der Waals surface area contributed by atoms with Gasteiger partial charge in [-0.05, 0) is 43.5 Å². The van der Waals surface area contributed by atoms with Crippen molar-refractivity contribution in [1.29, 1.82) is 0 Å². The Labute approximate surface area is 137 Å². The number of nitrogens with two attached hydrogens (primary N) is 1. The molecule has 0 aromatic heterocycles. The van der Waals surface area contributed by atoms with E-state index in [1.165, 1.54) is 12.1 Å². The van der Waals surface area contributed by atoms with Crippen LogP contribution in [0.5, 0.6) is 5.75 Å². The van der Waals surface area contributed by atoms with Gasteiger partial charge in [-0.3, -0.25) is 4.79 Å². The highest BCUT2D eigenvalue weighted by molar-refractivity contribution is 5.85. The van der Waals surface area contributed by atoms with Crippen molar-refractivity contribution in [1.82, 2.24) is 4.90 Å². The van der Waals surface area contributed by atoms with Gasteiger partial charge in [-0.15, -0.1) is 12.4 Å². The summed E-state index contributed by atoms with van der Waals surface area (Å²) in [5.41, 5.74) is 5.93. The van der Waals surface area contributed by atoms with Crippen molar-refractivity contribution >= 4 is 18.3 Å². The maximum absolute atomic E-state index is 12.8. The molecule has 1 aliphatic rings. The molecule has 1 fully saturated rings. The number of nitrogens with zero attached hydrogens (tertiary/aromatic N) is 1. The van der Waals surface area contributed by atoms with Crippen LogP contribution in [0.3, 0.4) is 0 Å². The Hall–Kier alpha value is -1.33. The summed E-state index contributed by atoms with van der Waals surface area (Å²) in [5, 5.41) is 0. The van der Waals surface area contributed by atoms with E-state index in [-0.39, 0.29) is 36.1 Å². The van der Waals surface area contributed by atoms with Crippen LogP contribution < -0.4 is 10.5 Å². The largest absolute Gasteiger partial charge is 0.492 e. The lowest BCUT2D eigenvalue weighted by Crippen LogP contribution is -2.40. The number of benzene rings is 1. The molecule has 0 bridgehead atoms. The molecule has 2 unspecified atom stereocenters. The number of likely N-dealkylation sites (N-methyl/N-ethyl adjacent to an activating group) is 1. The van der Waals surface area contributed by atoms with Crippen molar-refractivity contribution in [2.75, 3.05) is 20.2 Å². The predicted octanol–water partition coefficient (Wildman–Crippen LogP) is 2.60. The lowest BCUT2D eigenvalue weighted by atomic mass is 9.85. The molecular formula is C16H24ClFN2O2.